The second-order valence-corrected chi connectivity index (χ2v) is 5.15. The smallest absolute Gasteiger partial charge is 0.407 e. The summed E-state index contributed by atoms with van der Waals surface area (Å²) in [5.41, 5.74) is -1.25. The van der Waals surface area contributed by atoms with Gasteiger partial charge in [0, 0.05) is 31.5 Å². The Hall–Kier alpha value is -2.31. The van der Waals surface area contributed by atoms with Gasteiger partial charge in [0.05, 0.1) is 6.54 Å². The number of phenolic OH excluding ortho intramolecular Hbond substituents is 1. The number of benzene rings is 1. The lowest BCUT2D eigenvalue weighted by Gasteiger charge is -2.35. The van der Waals surface area contributed by atoms with E-state index in [-0.39, 0.29) is 38.2 Å². The summed E-state index contributed by atoms with van der Waals surface area (Å²) in [5.74, 6) is -0.373. The number of carboxylic acid groups (broad SMARTS) is 1. The van der Waals surface area contributed by atoms with Gasteiger partial charge in [0.15, 0.2) is 0 Å². The fraction of sp³-hybridized carbons (Fsp3) is 0.429. The van der Waals surface area contributed by atoms with Crippen molar-refractivity contribution in [2.24, 2.45) is 0 Å². The number of hydrogen-bond donors (Lipinski definition) is 3. The van der Waals surface area contributed by atoms with Crippen molar-refractivity contribution in [3.05, 3.63) is 29.8 Å². The van der Waals surface area contributed by atoms with Crippen molar-refractivity contribution < 1.29 is 24.2 Å². The quantitative estimate of drug-likeness (QED) is 0.790. The first kappa shape index (κ1) is 15.1. The summed E-state index contributed by atoms with van der Waals surface area (Å²) >= 11 is 0. The van der Waals surface area contributed by atoms with Crippen LogP contribution in [0, 0.1) is 0 Å². The average molecular weight is 296 g/mol. The van der Waals surface area contributed by atoms with Crippen LogP contribution in [0.4, 0.5) is 9.18 Å². The fourth-order valence-corrected chi connectivity index (χ4v) is 2.23. The van der Waals surface area contributed by atoms with Crippen LogP contribution in [0.2, 0.25) is 0 Å². The fourth-order valence-electron chi connectivity index (χ4n) is 2.23. The number of amides is 2. The molecule has 1 aromatic rings. The Morgan fingerprint density at radius 3 is 2.33 bits per heavy atom. The number of likely N-dealkylation sites (tertiary alicyclic amines) is 1. The molecule has 7 heteroatoms. The maximum Gasteiger partial charge on any atom is 0.407 e. The minimum Gasteiger partial charge on any atom is -0.508 e. The Balaban J connectivity index is 1.86. The first-order chi connectivity index (χ1) is 9.89. The number of aromatic hydroxyl groups is 1. The van der Waals surface area contributed by atoms with Crippen LogP contribution in [-0.4, -0.2) is 52.4 Å². The molecule has 0 bridgehead atoms. The van der Waals surface area contributed by atoms with Gasteiger partial charge in [-0.2, -0.15) is 0 Å². The lowest BCUT2D eigenvalue weighted by molar-refractivity contribution is 0.0537. The highest BCUT2D eigenvalue weighted by Crippen LogP contribution is 2.26. The Kier molecular flexibility index (Phi) is 4.30. The average Bonchev–Trinajstić information content (AvgIpc) is 2.46. The molecule has 2 amide bonds. The van der Waals surface area contributed by atoms with E-state index >= 15 is 0 Å². The van der Waals surface area contributed by atoms with Gasteiger partial charge < -0.3 is 20.4 Å². The molecule has 0 aromatic heterocycles. The molecule has 21 heavy (non-hydrogen) atoms. The van der Waals surface area contributed by atoms with E-state index in [1.54, 1.807) is 0 Å². The molecule has 6 nitrogen and oxygen atoms in total. The number of halogens is 1. The van der Waals surface area contributed by atoms with Crippen molar-refractivity contribution >= 4 is 12.0 Å². The maximum atomic E-state index is 14.5. The third-order valence-corrected chi connectivity index (χ3v) is 3.63. The molecular formula is C14H17FN2O4. The predicted molar refractivity (Wildman–Crippen MR) is 73.1 cm³/mol. The standard InChI is InChI=1S/C14H17FN2O4/c15-14(5-7-17(8-6-14)13(20)21)9-16-12(19)10-1-3-11(18)4-2-10/h1-4,18H,5-9H2,(H,16,19)(H,20,21). The molecule has 2 rings (SSSR count). The highest BCUT2D eigenvalue weighted by molar-refractivity contribution is 5.94. The normalized spacial score (nSPS) is 17.3. The first-order valence-electron chi connectivity index (χ1n) is 6.64. The van der Waals surface area contributed by atoms with E-state index < -0.39 is 17.7 Å². The molecule has 0 radical (unpaired) electrons. The summed E-state index contributed by atoms with van der Waals surface area (Å²) in [4.78, 5) is 23.8. The van der Waals surface area contributed by atoms with Crippen LogP contribution in [0.5, 0.6) is 5.75 Å². The highest BCUT2D eigenvalue weighted by atomic mass is 19.1. The molecular weight excluding hydrogens is 279 g/mol. The van der Waals surface area contributed by atoms with Gasteiger partial charge in [-0.25, -0.2) is 9.18 Å². The number of carbonyl (C=O) groups excluding carboxylic acids is 1. The third kappa shape index (κ3) is 3.84. The number of phenols is 1. The van der Waals surface area contributed by atoms with Crippen LogP contribution in [0.25, 0.3) is 0 Å². The van der Waals surface area contributed by atoms with Crippen LogP contribution in [0.3, 0.4) is 0 Å². The number of nitrogens with zero attached hydrogens (tertiary/aromatic N) is 1. The van der Waals surface area contributed by atoms with Crippen LogP contribution in [-0.2, 0) is 0 Å². The van der Waals surface area contributed by atoms with E-state index in [0.29, 0.717) is 5.56 Å². The molecule has 0 spiro atoms. The van der Waals surface area contributed by atoms with E-state index in [2.05, 4.69) is 5.32 Å². The Morgan fingerprint density at radius 1 is 1.24 bits per heavy atom. The third-order valence-electron chi connectivity index (χ3n) is 3.63. The molecule has 0 saturated carbocycles. The lowest BCUT2D eigenvalue weighted by Crippen LogP contribution is -2.49. The van der Waals surface area contributed by atoms with Gasteiger partial charge >= 0.3 is 6.09 Å². The number of nitrogens with one attached hydrogen (secondary N) is 1. The molecule has 1 heterocycles. The second kappa shape index (κ2) is 5.99. The Labute approximate surface area is 121 Å². The van der Waals surface area contributed by atoms with E-state index in [4.69, 9.17) is 10.2 Å². The number of rotatable bonds is 3. The van der Waals surface area contributed by atoms with Gasteiger partial charge in [-0.15, -0.1) is 0 Å². The minimum absolute atomic E-state index is 0.0505. The zero-order valence-corrected chi connectivity index (χ0v) is 11.4. The molecule has 1 aliphatic rings. The van der Waals surface area contributed by atoms with Gasteiger partial charge in [0.25, 0.3) is 5.91 Å². The molecule has 1 fully saturated rings. The predicted octanol–water partition coefficient (Wildman–Crippen LogP) is 1.60. The van der Waals surface area contributed by atoms with Crippen molar-refractivity contribution in [3.8, 4) is 5.75 Å². The van der Waals surface area contributed by atoms with Crippen molar-refractivity contribution in [1.82, 2.24) is 10.2 Å². The zero-order chi connectivity index (χ0) is 15.5. The van der Waals surface area contributed by atoms with Crippen molar-refractivity contribution in [1.29, 1.82) is 0 Å². The van der Waals surface area contributed by atoms with Crippen molar-refractivity contribution in [2.45, 2.75) is 18.5 Å². The molecule has 114 valence electrons. The van der Waals surface area contributed by atoms with Gasteiger partial charge in [-0.05, 0) is 24.3 Å². The van der Waals surface area contributed by atoms with E-state index in [9.17, 15) is 14.0 Å². The van der Waals surface area contributed by atoms with Crippen molar-refractivity contribution in [3.63, 3.8) is 0 Å². The van der Waals surface area contributed by atoms with Crippen LogP contribution in [0.15, 0.2) is 24.3 Å². The number of piperidine rings is 1. The molecule has 0 unspecified atom stereocenters. The summed E-state index contributed by atoms with van der Waals surface area (Å²) in [6.45, 7) is 0.0992. The molecule has 1 aliphatic heterocycles. The summed E-state index contributed by atoms with van der Waals surface area (Å²) in [6, 6.07) is 5.65. The Bertz CT molecular complexity index is 524. The minimum atomic E-state index is -1.58. The molecule has 3 N–H and O–H groups in total. The van der Waals surface area contributed by atoms with Gasteiger partial charge in [-0.3, -0.25) is 4.79 Å². The van der Waals surface area contributed by atoms with E-state index in [1.165, 1.54) is 29.2 Å². The first-order valence-corrected chi connectivity index (χ1v) is 6.64. The van der Waals surface area contributed by atoms with Gasteiger partial charge in [0.2, 0.25) is 0 Å². The summed E-state index contributed by atoms with van der Waals surface area (Å²) in [5, 5.41) is 20.5. The monoisotopic (exact) mass is 296 g/mol. The summed E-state index contributed by atoms with van der Waals surface area (Å²) in [7, 11) is 0. The number of carbonyl (C=O) groups is 2. The molecule has 1 saturated heterocycles. The second-order valence-electron chi connectivity index (χ2n) is 5.15. The van der Waals surface area contributed by atoms with Gasteiger partial charge in [-0.1, -0.05) is 0 Å². The van der Waals surface area contributed by atoms with Crippen LogP contribution < -0.4 is 5.32 Å². The SMILES string of the molecule is O=C(NCC1(F)CCN(C(=O)O)CC1)c1ccc(O)cc1. The van der Waals surface area contributed by atoms with Crippen molar-refractivity contribution in [2.75, 3.05) is 19.6 Å². The maximum absolute atomic E-state index is 14.5. The number of hydrogen-bond acceptors (Lipinski definition) is 3. The van der Waals surface area contributed by atoms with E-state index in [1.807, 2.05) is 0 Å². The molecule has 0 aliphatic carbocycles. The number of alkyl halides is 1. The lowest BCUT2D eigenvalue weighted by atomic mass is 9.93. The van der Waals surface area contributed by atoms with Crippen LogP contribution in [0.1, 0.15) is 23.2 Å². The summed E-state index contributed by atoms with van der Waals surface area (Å²) < 4.78 is 14.5. The highest BCUT2D eigenvalue weighted by Gasteiger charge is 2.36. The summed E-state index contributed by atoms with van der Waals surface area (Å²) in [6.07, 6.45) is -0.921. The van der Waals surface area contributed by atoms with Crippen LogP contribution >= 0.6 is 0 Å². The Morgan fingerprint density at radius 2 is 1.81 bits per heavy atom. The van der Waals surface area contributed by atoms with Gasteiger partial charge in [0.1, 0.15) is 11.4 Å². The van der Waals surface area contributed by atoms with E-state index in [0.717, 1.165) is 0 Å². The largest absolute Gasteiger partial charge is 0.508 e. The molecule has 0 atom stereocenters. The molecule has 1 aromatic carbocycles. The zero-order valence-electron chi connectivity index (χ0n) is 11.4. The topological polar surface area (TPSA) is 89.9 Å².